The predicted octanol–water partition coefficient (Wildman–Crippen LogP) is 1.09. The molecule has 2 heterocycles. The molecule has 0 spiro atoms. The zero-order valence-corrected chi connectivity index (χ0v) is 17.8. The molecule has 3 rings (SSSR count). The molecular formula is C20H25N5O5. The van der Waals surface area contributed by atoms with Crippen LogP contribution < -0.4 is 16.6 Å². The first kappa shape index (κ1) is 22.6. The van der Waals surface area contributed by atoms with Gasteiger partial charge in [-0.2, -0.15) is 0 Å². The van der Waals surface area contributed by atoms with Gasteiger partial charge in [0.15, 0.2) is 11.2 Å². The maximum absolute atomic E-state index is 12.5. The van der Waals surface area contributed by atoms with Gasteiger partial charge in [-0.3, -0.25) is 23.5 Å². The number of carboxylic acids is 1. The number of aliphatic carboxylic acids is 1. The lowest BCUT2D eigenvalue weighted by atomic mass is 10.1. The van der Waals surface area contributed by atoms with E-state index in [1.54, 1.807) is 7.05 Å². The van der Waals surface area contributed by atoms with E-state index in [1.165, 1.54) is 22.5 Å². The molecule has 2 N–H and O–H groups in total. The summed E-state index contributed by atoms with van der Waals surface area (Å²) in [4.78, 5) is 50.0. The van der Waals surface area contributed by atoms with Gasteiger partial charge in [-0.1, -0.05) is 17.7 Å². The summed E-state index contributed by atoms with van der Waals surface area (Å²) in [5.74, 6) is -1.10. The maximum Gasteiger partial charge on any atom is 0.332 e. The number of hydrogen-bond donors (Lipinski definition) is 2. The molecule has 0 saturated heterocycles. The summed E-state index contributed by atoms with van der Waals surface area (Å²) in [6.07, 6.45) is 1.40. The number of aryl methyl sites for hydroxylation is 4. The predicted molar refractivity (Wildman–Crippen MR) is 113 cm³/mol. The zero-order chi connectivity index (χ0) is 22.7. The second-order valence-corrected chi connectivity index (χ2v) is 7.09. The Morgan fingerprint density at radius 3 is 2.13 bits per heavy atom. The summed E-state index contributed by atoms with van der Waals surface area (Å²) in [5, 5.41) is 10.3. The van der Waals surface area contributed by atoms with E-state index in [2.05, 4.69) is 10.3 Å². The minimum atomic E-state index is -0.833. The number of hydrogen-bond acceptors (Lipinski definition) is 5. The monoisotopic (exact) mass is 415 g/mol. The van der Waals surface area contributed by atoms with Crippen molar-refractivity contribution in [3.63, 3.8) is 0 Å². The fourth-order valence-corrected chi connectivity index (χ4v) is 3.23. The summed E-state index contributed by atoms with van der Waals surface area (Å²) in [7, 11) is 2.95. The van der Waals surface area contributed by atoms with E-state index in [0.717, 1.165) is 33.9 Å². The molecule has 30 heavy (non-hydrogen) atoms. The van der Waals surface area contributed by atoms with Crippen LogP contribution in [0.2, 0.25) is 0 Å². The molecule has 2 aromatic heterocycles. The van der Waals surface area contributed by atoms with Crippen LogP contribution in [0.25, 0.3) is 11.2 Å². The molecule has 0 saturated carbocycles. The molecule has 0 atom stereocenters. The largest absolute Gasteiger partial charge is 0.481 e. The Morgan fingerprint density at radius 1 is 1.07 bits per heavy atom. The number of nitrogens with zero attached hydrogens (tertiary/aromatic N) is 4. The number of imidazole rings is 1. The first-order valence-corrected chi connectivity index (χ1v) is 9.12. The molecule has 0 unspecified atom stereocenters. The van der Waals surface area contributed by atoms with Crippen molar-refractivity contribution >= 4 is 28.7 Å². The highest BCUT2D eigenvalue weighted by molar-refractivity contribution is 5.93. The summed E-state index contributed by atoms with van der Waals surface area (Å²) in [5.41, 5.74) is 3.40. The molecule has 10 heteroatoms. The van der Waals surface area contributed by atoms with Crippen LogP contribution in [0.4, 0.5) is 5.69 Å². The molecule has 0 radical (unpaired) electrons. The number of anilines is 1. The van der Waals surface area contributed by atoms with E-state index in [9.17, 15) is 14.4 Å². The van der Waals surface area contributed by atoms with Crippen LogP contribution in [-0.2, 0) is 30.2 Å². The molecule has 1 aromatic carbocycles. The molecule has 0 aliphatic rings. The number of rotatable bonds is 3. The summed E-state index contributed by atoms with van der Waals surface area (Å²) < 4.78 is 3.76. The number of amides is 1. The molecule has 1 amide bonds. The topological polar surface area (TPSA) is 128 Å². The van der Waals surface area contributed by atoms with Gasteiger partial charge in [0.1, 0.15) is 6.54 Å². The quantitative estimate of drug-likeness (QED) is 0.659. The molecule has 0 fully saturated rings. The molecule has 160 valence electrons. The Hall–Kier alpha value is -3.69. The number of fused-ring (bicyclic) bond motifs is 1. The standard InChI is InChI=1S/C18H21N5O3.C2H4O2/c1-10-6-11(2)14(12(3)7-10)20-13(24)8-23-9-19-16-15(23)17(25)22(5)18(26)21(16)4;1-2(3)4/h6-7,9H,8H2,1-5H3,(H,20,24);1H3,(H,3,4). The van der Waals surface area contributed by atoms with Crippen molar-refractivity contribution in [2.45, 2.75) is 34.2 Å². The highest BCUT2D eigenvalue weighted by atomic mass is 16.4. The summed E-state index contributed by atoms with van der Waals surface area (Å²) in [6, 6.07) is 4.00. The van der Waals surface area contributed by atoms with Crippen molar-refractivity contribution in [2.24, 2.45) is 14.1 Å². The van der Waals surface area contributed by atoms with Gasteiger partial charge >= 0.3 is 5.69 Å². The van der Waals surface area contributed by atoms with E-state index >= 15 is 0 Å². The van der Waals surface area contributed by atoms with E-state index in [0.29, 0.717) is 0 Å². The lowest BCUT2D eigenvalue weighted by Gasteiger charge is -2.13. The normalized spacial score (nSPS) is 10.5. The van der Waals surface area contributed by atoms with E-state index in [-0.39, 0.29) is 23.6 Å². The number of benzene rings is 1. The first-order valence-electron chi connectivity index (χ1n) is 9.12. The molecule has 0 aliphatic carbocycles. The number of carboxylic acid groups (broad SMARTS) is 1. The molecule has 0 aliphatic heterocycles. The van der Waals surface area contributed by atoms with Crippen LogP contribution in [0.5, 0.6) is 0 Å². The third-order valence-corrected chi connectivity index (χ3v) is 4.47. The average Bonchev–Trinajstić information content (AvgIpc) is 3.04. The summed E-state index contributed by atoms with van der Waals surface area (Å²) >= 11 is 0. The van der Waals surface area contributed by atoms with Crippen LogP contribution in [0.1, 0.15) is 23.6 Å². The minimum Gasteiger partial charge on any atom is -0.481 e. The molecule has 10 nitrogen and oxygen atoms in total. The van der Waals surface area contributed by atoms with Gasteiger partial charge in [-0.15, -0.1) is 0 Å². The molecule has 3 aromatic rings. The zero-order valence-electron chi connectivity index (χ0n) is 17.8. The second kappa shape index (κ2) is 8.76. The van der Waals surface area contributed by atoms with Crippen LogP contribution in [0, 0.1) is 20.8 Å². The van der Waals surface area contributed by atoms with Gasteiger partial charge in [-0.05, 0) is 31.9 Å². The minimum absolute atomic E-state index is 0.0727. The van der Waals surface area contributed by atoms with Gasteiger partial charge in [0.2, 0.25) is 5.91 Å². The van der Waals surface area contributed by atoms with Gasteiger partial charge < -0.3 is 15.0 Å². The van der Waals surface area contributed by atoms with Crippen molar-refractivity contribution in [3.8, 4) is 0 Å². The van der Waals surface area contributed by atoms with Crippen LogP contribution >= 0.6 is 0 Å². The van der Waals surface area contributed by atoms with E-state index in [1.807, 2.05) is 32.9 Å². The lowest BCUT2D eigenvalue weighted by molar-refractivity contribution is -0.134. The maximum atomic E-state index is 12.5. The van der Waals surface area contributed by atoms with Gasteiger partial charge in [0.05, 0.1) is 6.33 Å². The molecule has 0 bridgehead atoms. The van der Waals surface area contributed by atoms with Crippen molar-refractivity contribution < 1.29 is 14.7 Å². The van der Waals surface area contributed by atoms with Crippen molar-refractivity contribution in [1.82, 2.24) is 18.7 Å². The Morgan fingerprint density at radius 2 is 1.60 bits per heavy atom. The van der Waals surface area contributed by atoms with Gasteiger partial charge in [0, 0.05) is 26.7 Å². The smallest absolute Gasteiger partial charge is 0.332 e. The Kier molecular flexibility index (Phi) is 6.60. The highest BCUT2D eigenvalue weighted by Gasteiger charge is 2.16. The number of carbonyl (C=O) groups is 2. The lowest BCUT2D eigenvalue weighted by Crippen LogP contribution is -2.37. The van der Waals surface area contributed by atoms with Crippen molar-refractivity contribution in [2.75, 3.05) is 5.32 Å². The SMILES string of the molecule is CC(=O)O.Cc1cc(C)c(NC(=O)Cn2cnc3c2c(=O)n(C)c(=O)n3C)c(C)c1. The third-order valence-electron chi connectivity index (χ3n) is 4.47. The Bertz CT molecular complexity index is 1220. The molecular weight excluding hydrogens is 390 g/mol. The third kappa shape index (κ3) is 4.65. The fraction of sp³-hybridized carbons (Fsp3) is 0.350. The van der Waals surface area contributed by atoms with Crippen molar-refractivity contribution in [1.29, 1.82) is 0 Å². The van der Waals surface area contributed by atoms with E-state index in [4.69, 9.17) is 9.90 Å². The van der Waals surface area contributed by atoms with Gasteiger partial charge in [0.25, 0.3) is 11.5 Å². The second-order valence-electron chi connectivity index (χ2n) is 7.09. The Labute approximate surface area is 172 Å². The number of carbonyl (C=O) groups excluding carboxylic acids is 1. The number of nitrogens with one attached hydrogen (secondary N) is 1. The van der Waals surface area contributed by atoms with Crippen LogP contribution in [0.15, 0.2) is 28.0 Å². The number of aromatic nitrogens is 4. The average molecular weight is 415 g/mol. The van der Waals surface area contributed by atoms with Crippen molar-refractivity contribution in [3.05, 3.63) is 56.0 Å². The highest BCUT2D eigenvalue weighted by Crippen LogP contribution is 2.22. The van der Waals surface area contributed by atoms with E-state index < -0.39 is 17.2 Å². The Balaban J connectivity index is 0.000000735. The van der Waals surface area contributed by atoms with Crippen LogP contribution in [0.3, 0.4) is 0 Å². The summed E-state index contributed by atoms with van der Waals surface area (Å²) in [6.45, 7) is 6.89. The first-order chi connectivity index (χ1) is 13.9. The van der Waals surface area contributed by atoms with Gasteiger partial charge in [-0.25, -0.2) is 9.78 Å². The van der Waals surface area contributed by atoms with Crippen LogP contribution in [-0.4, -0.2) is 35.7 Å². The fourth-order valence-electron chi connectivity index (χ4n) is 3.23.